The third-order valence-electron chi connectivity index (χ3n) is 5.07. The van der Waals surface area contributed by atoms with Crippen molar-refractivity contribution in [2.75, 3.05) is 25.9 Å². The Morgan fingerprint density at radius 1 is 1.22 bits per heavy atom. The number of halogens is 1. The third kappa shape index (κ3) is 4.81. The molecule has 0 aromatic heterocycles. The van der Waals surface area contributed by atoms with Gasteiger partial charge in [0, 0.05) is 25.7 Å². The Kier molecular flexibility index (Phi) is 7.32. The number of sulfonamides is 1. The molecule has 2 N–H and O–H groups in total. The van der Waals surface area contributed by atoms with Gasteiger partial charge in [-0.3, -0.25) is 4.79 Å². The van der Waals surface area contributed by atoms with Gasteiger partial charge in [0.05, 0.1) is 11.8 Å². The van der Waals surface area contributed by atoms with Crippen molar-refractivity contribution in [2.24, 2.45) is 5.73 Å². The smallest absolute Gasteiger partial charge is 0.242 e. The van der Waals surface area contributed by atoms with Crippen LogP contribution in [0.15, 0.2) is 0 Å². The molecule has 8 heteroatoms. The lowest BCUT2D eigenvalue weighted by Gasteiger charge is -2.41. The largest absolute Gasteiger partial charge is 0.341 e. The Labute approximate surface area is 146 Å². The third-order valence-corrected chi connectivity index (χ3v) is 6.48. The maximum Gasteiger partial charge on any atom is 0.242 e. The molecular weight excluding hydrogens is 338 g/mol. The molecule has 1 saturated heterocycles. The zero-order valence-corrected chi connectivity index (χ0v) is 15.8. The lowest BCUT2D eigenvalue weighted by Crippen LogP contribution is -2.59. The Morgan fingerprint density at radius 2 is 1.74 bits per heavy atom. The highest BCUT2D eigenvalue weighted by molar-refractivity contribution is 7.88. The topological polar surface area (TPSA) is 83.7 Å². The van der Waals surface area contributed by atoms with E-state index < -0.39 is 15.6 Å². The second-order valence-corrected chi connectivity index (χ2v) is 8.64. The second-order valence-electron chi connectivity index (χ2n) is 6.71. The zero-order chi connectivity index (χ0) is 16.4. The van der Waals surface area contributed by atoms with Crippen molar-refractivity contribution in [1.29, 1.82) is 0 Å². The summed E-state index contributed by atoms with van der Waals surface area (Å²) >= 11 is 0. The van der Waals surface area contributed by atoms with Crippen molar-refractivity contribution in [2.45, 2.75) is 63.5 Å². The van der Waals surface area contributed by atoms with E-state index in [1.165, 1.54) is 6.26 Å². The molecule has 136 valence electrons. The number of nitrogens with two attached hydrogens (primary N) is 1. The Balaban J connectivity index is 0.00000264. The SMILES string of the molecule is CCN(C1CCN(C(=O)C2(N)CCCCC2)CC1)S(C)(=O)=O.Cl. The number of hydrogen-bond donors (Lipinski definition) is 1. The van der Waals surface area contributed by atoms with Gasteiger partial charge in [-0.25, -0.2) is 8.42 Å². The number of likely N-dealkylation sites (tertiary alicyclic amines) is 1. The van der Waals surface area contributed by atoms with Gasteiger partial charge in [0.1, 0.15) is 0 Å². The van der Waals surface area contributed by atoms with Crippen LogP contribution in [0.1, 0.15) is 51.9 Å². The molecule has 1 aliphatic carbocycles. The zero-order valence-electron chi connectivity index (χ0n) is 14.2. The van der Waals surface area contributed by atoms with E-state index in [0.717, 1.165) is 32.1 Å². The van der Waals surface area contributed by atoms with Crippen molar-refractivity contribution in [3.63, 3.8) is 0 Å². The fourth-order valence-corrected chi connectivity index (χ4v) is 5.05. The average Bonchev–Trinajstić information content (AvgIpc) is 2.47. The first-order valence-corrected chi connectivity index (χ1v) is 10.2. The summed E-state index contributed by atoms with van der Waals surface area (Å²) in [5.41, 5.74) is 5.64. The van der Waals surface area contributed by atoms with E-state index in [2.05, 4.69) is 0 Å². The highest BCUT2D eigenvalue weighted by Gasteiger charge is 2.40. The summed E-state index contributed by atoms with van der Waals surface area (Å²) in [6.07, 6.45) is 7.41. The van der Waals surface area contributed by atoms with Gasteiger partial charge in [-0.05, 0) is 25.7 Å². The minimum Gasteiger partial charge on any atom is -0.341 e. The molecule has 1 amide bonds. The maximum absolute atomic E-state index is 12.7. The van der Waals surface area contributed by atoms with Gasteiger partial charge in [-0.1, -0.05) is 26.2 Å². The van der Waals surface area contributed by atoms with Crippen molar-refractivity contribution in [3.05, 3.63) is 0 Å². The molecule has 2 fully saturated rings. The van der Waals surface area contributed by atoms with Crippen LogP contribution in [0.4, 0.5) is 0 Å². The Hall–Kier alpha value is -0.370. The summed E-state index contributed by atoms with van der Waals surface area (Å²) in [6.45, 7) is 3.55. The maximum atomic E-state index is 12.7. The molecule has 0 atom stereocenters. The number of piperidine rings is 1. The van der Waals surface area contributed by atoms with Crippen molar-refractivity contribution in [3.8, 4) is 0 Å². The molecule has 0 bridgehead atoms. The summed E-state index contributed by atoms with van der Waals surface area (Å²) in [7, 11) is -3.18. The number of nitrogens with zero attached hydrogens (tertiary/aromatic N) is 2. The van der Waals surface area contributed by atoms with Gasteiger partial charge in [0.2, 0.25) is 15.9 Å². The molecule has 0 unspecified atom stereocenters. The monoisotopic (exact) mass is 367 g/mol. The number of amides is 1. The summed E-state index contributed by atoms with van der Waals surface area (Å²) in [6, 6.07) is 0.00382. The molecule has 1 heterocycles. The lowest BCUT2D eigenvalue weighted by molar-refractivity contribution is -0.139. The molecule has 2 rings (SSSR count). The molecule has 0 aromatic carbocycles. The lowest BCUT2D eigenvalue weighted by atomic mass is 9.81. The van der Waals surface area contributed by atoms with Crippen LogP contribution in [-0.2, 0) is 14.8 Å². The van der Waals surface area contributed by atoms with E-state index >= 15 is 0 Å². The summed E-state index contributed by atoms with van der Waals surface area (Å²) in [4.78, 5) is 14.5. The molecule has 1 saturated carbocycles. The molecular formula is C15H30ClN3O3S. The molecule has 0 spiro atoms. The quantitative estimate of drug-likeness (QED) is 0.812. The van der Waals surface area contributed by atoms with Crippen LogP contribution in [0.5, 0.6) is 0 Å². The van der Waals surface area contributed by atoms with Crippen LogP contribution < -0.4 is 5.73 Å². The first-order chi connectivity index (χ1) is 10.3. The van der Waals surface area contributed by atoms with E-state index in [4.69, 9.17) is 5.73 Å². The Bertz CT molecular complexity index is 498. The standard InChI is InChI=1S/C15H29N3O3S.ClH/c1-3-18(22(2,20)21)13-7-11-17(12-8-13)14(19)15(16)9-5-4-6-10-15;/h13H,3-12,16H2,1-2H3;1H. The normalized spacial score (nSPS) is 22.7. The molecule has 0 aromatic rings. The van der Waals surface area contributed by atoms with Crippen LogP contribution >= 0.6 is 12.4 Å². The summed E-state index contributed by atoms with van der Waals surface area (Å²) in [5.74, 6) is 0.0630. The van der Waals surface area contributed by atoms with Crippen LogP contribution in [0.25, 0.3) is 0 Å². The molecule has 0 radical (unpaired) electrons. The molecule has 2 aliphatic rings. The molecule has 6 nitrogen and oxygen atoms in total. The Morgan fingerprint density at radius 3 is 2.17 bits per heavy atom. The highest BCUT2D eigenvalue weighted by atomic mass is 35.5. The van der Waals surface area contributed by atoms with Gasteiger partial charge >= 0.3 is 0 Å². The van der Waals surface area contributed by atoms with Crippen molar-refractivity contribution >= 4 is 28.3 Å². The number of hydrogen-bond acceptors (Lipinski definition) is 4. The van der Waals surface area contributed by atoms with Crippen LogP contribution in [0.2, 0.25) is 0 Å². The minimum absolute atomic E-state index is 0. The van der Waals surface area contributed by atoms with E-state index in [9.17, 15) is 13.2 Å². The number of carbonyl (C=O) groups is 1. The van der Waals surface area contributed by atoms with Gasteiger partial charge in [0.15, 0.2) is 0 Å². The van der Waals surface area contributed by atoms with Crippen molar-refractivity contribution in [1.82, 2.24) is 9.21 Å². The first kappa shape index (κ1) is 20.7. The first-order valence-electron chi connectivity index (χ1n) is 8.33. The average molecular weight is 368 g/mol. The van der Waals surface area contributed by atoms with Gasteiger partial charge in [-0.15, -0.1) is 12.4 Å². The predicted octanol–water partition coefficient (Wildman–Crippen LogP) is 1.34. The highest BCUT2D eigenvalue weighted by Crippen LogP contribution is 2.29. The van der Waals surface area contributed by atoms with Gasteiger partial charge in [-0.2, -0.15) is 4.31 Å². The van der Waals surface area contributed by atoms with E-state index in [1.807, 2.05) is 11.8 Å². The summed E-state index contributed by atoms with van der Waals surface area (Å²) in [5, 5.41) is 0. The molecule has 23 heavy (non-hydrogen) atoms. The second kappa shape index (κ2) is 8.14. The van der Waals surface area contributed by atoms with E-state index in [0.29, 0.717) is 32.5 Å². The van der Waals surface area contributed by atoms with Crippen LogP contribution in [0.3, 0.4) is 0 Å². The van der Waals surface area contributed by atoms with Gasteiger partial charge < -0.3 is 10.6 Å². The van der Waals surface area contributed by atoms with E-state index in [1.54, 1.807) is 4.31 Å². The van der Waals surface area contributed by atoms with Crippen LogP contribution in [0, 0.1) is 0 Å². The van der Waals surface area contributed by atoms with Crippen LogP contribution in [-0.4, -0.2) is 61.0 Å². The number of rotatable bonds is 4. The fourth-order valence-electron chi connectivity index (χ4n) is 3.83. The molecule has 1 aliphatic heterocycles. The van der Waals surface area contributed by atoms with Gasteiger partial charge in [0.25, 0.3) is 0 Å². The number of carbonyl (C=O) groups excluding carboxylic acids is 1. The fraction of sp³-hybridized carbons (Fsp3) is 0.933. The minimum atomic E-state index is -3.18. The predicted molar refractivity (Wildman–Crippen MR) is 94.1 cm³/mol. The summed E-state index contributed by atoms with van der Waals surface area (Å²) < 4.78 is 25.2. The van der Waals surface area contributed by atoms with E-state index in [-0.39, 0.29) is 24.4 Å². The van der Waals surface area contributed by atoms with Crippen molar-refractivity contribution < 1.29 is 13.2 Å².